The highest BCUT2D eigenvalue weighted by molar-refractivity contribution is 9.10. The van der Waals surface area contributed by atoms with Crippen molar-refractivity contribution in [2.24, 2.45) is 0 Å². The first-order chi connectivity index (χ1) is 16.0. The van der Waals surface area contributed by atoms with E-state index in [1.807, 2.05) is 84.3 Å². The van der Waals surface area contributed by atoms with Gasteiger partial charge in [0.25, 0.3) is 0 Å². The van der Waals surface area contributed by atoms with Crippen molar-refractivity contribution in [3.8, 4) is 22.8 Å². The second-order valence-corrected chi connectivity index (χ2v) is 9.29. The lowest BCUT2D eigenvalue weighted by atomic mass is 10.2. The van der Waals surface area contributed by atoms with Crippen LogP contribution in [0.25, 0.3) is 17.1 Å². The van der Waals surface area contributed by atoms with Crippen molar-refractivity contribution in [2.45, 2.75) is 18.5 Å². The first kappa shape index (κ1) is 23.1. The Morgan fingerprint density at radius 2 is 1.88 bits per heavy atom. The number of benzene rings is 3. The third kappa shape index (κ3) is 5.64. The van der Waals surface area contributed by atoms with Gasteiger partial charge in [0.2, 0.25) is 5.91 Å². The Morgan fingerprint density at radius 1 is 1.06 bits per heavy atom. The van der Waals surface area contributed by atoms with Crippen LogP contribution >= 0.6 is 27.7 Å². The number of carbonyl (C=O) groups excluding carboxylic acids is 1. The Morgan fingerprint density at radius 3 is 2.61 bits per heavy atom. The smallest absolute Gasteiger partial charge is 0.225 e. The number of para-hydroxylation sites is 1. The summed E-state index contributed by atoms with van der Waals surface area (Å²) < 4.78 is 8.22. The Bertz CT molecular complexity index is 1260. The molecule has 0 aliphatic heterocycles. The molecule has 0 fully saturated rings. The number of amides is 1. The molecule has 1 N–H and O–H groups in total. The van der Waals surface area contributed by atoms with Crippen molar-refractivity contribution < 1.29 is 9.53 Å². The fourth-order valence-electron chi connectivity index (χ4n) is 3.34. The highest BCUT2D eigenvalue weighted by Gasteiger charge is 2.17. The lowest BCUT2D eigenvalue weighted by molar-refractivity contribution is -0.115. The van der Waals surface area contributed by atoms with Crippen LogP contribution in [0.3, 0.4) is 0 Å². The van der Waals surface area contributed by atoms with Gasteiger partial charge in [-0.15, -0.1) is 10.2 Å². The van der Waals surface area contributed by atoms with Gasteiger partial charge in [-0.25, -0.2) is 0 Å². The van der Waals surface area contributed by atoms with E-state index in [2.05, 4.69) is 31.4 Å². The van der Waals surface area contributed by atoms with Gasteiger partial charge < -0.3 is 10.1 Å². The van der Waals surface area contributed by atoms with E-state index in [1.165, 1.54) is 11.8 Å². The van der Waals surface area contributed by atoms with E-state index >= 15 is 0 Å². The van der Waals surface area contributed by atoms with E-state index in [0.29, 0.717) is 12.2 Å². The number of ether oxygens (including phenoxy) is 1. The fraction of sp³-hybridized carbons (Fsp3) is 0.160. The van der Waals surface area contributed by atoms with Crippen LogP contribution in [0.5, 0.6) is 5.75 Å². The van der Waals surface area contributed by atoms with E-state index in [9.17, 15) is 4.79 Å². The lowest BCUT2D eigenvalue weighted by Gasteiger charge is -2.11. The SMILES string of the molecule is COc1ccc(NC(=O)CCSc2nnc(-c3cccc(Br)c3)n2-c2ccccc2)c(C)c1. The van der Waals surface area contributed by atoms with Crippen molar-refractivity contribution in [3.63, 3.8) is 0 Å². The normalized spacial score (nSPS) is 10.8. The monoisotopic (exact) mass is 522 g/mol. The Kier molecular flexibility index (Phi) is 7.47. The average molecular weight is 523 g/mol. The molecule has 0 aliphatic carbocycles. The molecule has 168 valence electrons. The van der Waals surface area contributed by atoms with Crippen molar-refractivity contribution in [1.29, 1.82) is 0 Å². The third-order valence-corrected chi connectivity index (χ3v) is 6.42. The van der Waals surface area contributed by atoms with E-state index in [1.54, 1.807) is 7.11 Å². The molecule has 6 nitrogen and oxygen atoms in total. The minimum absolute atomic E-state index is 0.0474. The molecule has 0 saturated heterocycles. The lowest BCUT2D eigenvalue weighted by Crippen LogP contribution is -2.13. The van der Waals surface area contributed by atoms with Crippen LogP contribution in [-0.4, -0.2) is 33.5 Å². The minimum Gasteiger partial charge on any atom is -0.497 e. The van der Waals surface area contributed by atoms with E-state index in [0.717, 1.165) is 43.7 Å². The van der Waals surface area contributed by atoms with Gasteiger partial charge >= 0.3 is 0 Å². The molecule has 1 heterocycles. The summed E-state index contributed by atoms with van der Waals surface area (Å²) in [5.74, 6) is 2.05. The van der Waals surface area contributed by atoms with Gasteiger partial charge in [0.15, 0.2) is 11.0 Å². The topological polar surface area (TPSA) is 69.0 Å². The maximum absolute atomic E-state index is 12.5. The molecule has 0 unspecified atom stereocenters. The van der Waals surface area contributed by atoms with E-state index in [4.69, 9.17) is 4.74 Å². The van der Waals surface area contributed by atoms with Gasteiger partial charge in [-0.2, -0.15) is 0 Å². The first-order valence-corrected chi connectivity index (χ1v) is 12.2. The van der Waals surface area contributed by atoms with Gasteiger partial charge in [-0.05, 0) is 55.0 Å². The maximum atomic E-state index is 12.5. The molecule has 1 aromatic heterocycles. The zero-order valence-electron chi connectivity index (χ0n) is 18.3. The Labute approximate surface area is 205 Å². The average Bonchev–Trinajstić information content (AvgIpc) is 3.25. The molecule has 1 amide bonds. The van der Waals surface area contributed by atoms with Crippen LogP contribution in [0.15, 0.2) is 82.4 Å². The number of anilines is 1. The number of rotatable bonds is 8. The molecule has 33 heavy (non-hydrogen) atoms. The van der Waals surface area contributed by atoms with E-state index in [-0.39, 0.29) is 5.91 Å². The number of methoxy groups -OCH3 is 1. The first-order valence-electron chi connectivity index (χ1n) is 10.4. The van der Waals surface area contributed by atoms with Crippen LogP contribution in [0.2, 0.25) is 0 Å². The zero-order chi connectivity index (χ0) is 23.2. The zero-order valence-corrected chi connectivity index (χ0v) is 20.7. The molecule has 4 aromatic rings. The number of nitrogens with zero attached hydrogens (tertiary/aromatic N) is 3. The standard InChI is InChI=1S/C25H23BrN4O2S/c1-17-15-21(32-2)11-12-22(17)27-23(31)13-14-33-25-29-28-24(18-7-6-8-19(26)16-18)30(25)20-9-4-3-5-10-20/h3-12,15-16H,13-14H2,1-2H3,(H,27,31). The van der Waals surface area contributed by atoms with Crippen LogP contribution in [0, 0.1) is 6.92 Å². The summed E-state index contributed by atoms with van der Waals surface area (Å²) in [6.45, 7) is 1.94. The number of hydrogen-bond donors (Lipinski definition) is 1. The molecule has 0 radical (unpaired) electrons. The number of thioether (sulfide) groups is 1. The summed E-state index contributed by atoms with van der Waals surface area (Å²) in [6, 6.07) is 23.6. The molecule has 0 atom stereocenters. The highest BCUT2D eigenvalue weighted by Crippen LogP contribution is 2.29. The summed E-state index contributed by atoms with van der Waals surface area (Å²) in [5, 5.41) is 12.6. The summed E-state index contributed by atoms with van der Waals surface area (Å²) in [4.78, 5) is 12.5. The van der Waals surface area contributed by atoms with Crippen molar-refractivity contribution in [2.75, 3.05) is 18.2 Å². The maximum Gasteiger partial charge on any atom is 0.225 e. The Hall–Kier alpha value is -3.10. The van der Waals surface area contributed by atoms with Crippen LogP contribution in [0.1, 0.15) is 12.0 Å². The van der Waals surface area contributed by atoms with Crippen LogP contribution in [0.4, 0.5) is 5.69 Å². The molecule has 4 rings (SSSR count). The molecule has 0 spiro atoms. The molecule has 0 bridgehead atoms. The van der Waals surface area contributed by atoms with Gasteiger partial charge in [-0.1, -0.05) is 58.0 Å². The molecule has 0 saturated carbocycles. The third-order valence-electron chi connectivity index (χ3n) is 5.00. The number of nitrogens with one attached hydrogen (secondary N) is 1. The number of aromatic nitrogens is 3. The fourth-order valence-corrected chi connectivity index (χ4v) is 4.63. The largest absolute Gasteiger partial charge is 0.497 e. The molecular weight excluding hydrogens is 500 g/mol. The summed E-state index contributed by atoms with van der Waals surface area (Å²) in [7, 11) is 1.63. The predicted molar refractivity (Wildman–Crippen MR) is 136 cm³/mol. The van der Waals surface area contributed by atoms with Crippen molar-refractivity contribution in [1.82, 2.24) is 14.8 Å². The minimum atomic E-state index is -0.0474. The predicted octanol–water partition coefficient (Wildman–Crippen LogP) is 6.13. The molecule has 3 aromatic carbocycles. The number of carbonyl (C=O) groups is 1. The highest BCUT2D eigenvalue weighted by atomic mass is 79.9. The molecule has 8 heteroatoms. The Balaban J connectivity index is 1.49. The van der Waals surface area contributed by atoms with Gasteiger partial charge in [0.05, 0.1) is 7.11 Å². The van der Waals surface area contributed by atoms with Gasteiger partial charge in [0.1, 0.15) is 5.75 Å². The summed E-state index contributed by atoms with van der Waals surface area (Å²) in [5.41, 5.74) is 3.67. The number of aryl methyl sites for hydroxylation is 1. The summed E-state index contributed by atoms with van der Waals surface area (Å²) in [6.07, 6.45) is 0.351. The molecule has 0 aliphatic rings. The van der Waals surface area contributed by atoms with Gasteiger partial charge in [-0.3, -0.25) is 9.36 Å². The van der Waals surface area contributed by atoms with E-state index < -0.39 is 0 Å². The van der Waals surface area contributed by atoms with Crippen molar-refractivity contribution in [3.05, 3.63) is 82.8 Å². The number of halogens is 1. The summed E-state index contributed by atoms with van der Waals surface area (Å²) >= 11 is 5.04. The van der Waals surface area contributed by atoms with Crippen LogP contribution < -0.4 is 10.1 Å². The number of hydrogen-bond acceptors (Lipinski definition) is 5. The van der Waals surface area contributed by atoms with Crippen LogP contribution in [-0.2, 0) is 4.79 Å². The van der Waals surface area contributed by atoms with Crippen molar-refractivity contribution >= 4 is 39.3 Å². The second kappa shape index (κ2) is 10.7. The van der Waals surface area contributed by atoms with Gasteiger partial charge in [0, 0.05) is 33.6 Å². The quantitative estimate of drug-likeness (QED) is 0.281. The molecular formula is C25H23BrN4O2S. The second-order valence-electron chi connectivity index (χ2n) is 7.31.